The first-order chi connectivity index (χ1) is 16.3. The zero-order valence-electron chi connectivity index (χ0n) is 17.9. The molecule has 0 unspecified atom stereocenters. The number of benzene rings is 4. The third-order valence-corrected chi connectivity index (χ3v) is 5.43. The fraction of sp³-hybridized carbons (Fsp3) is 0.0370. The zero-order valence-corrected chi connectivity index (χ0v) is 17.9. The summed E-state index contributed by atoms with van der Waals surface area (Å²) >= 11 is 0. The Balaban J connectivity index is 1.71. The fourth-order valence-electron chi connectivity index (χ4n) is 3.70. The molecule has 4 aromatic carbocycles. The highest BCUT2D eigenvalue weighted by molar-refractivity contribution is 5.53. The number of halogens is 4. The average molecular weight is 464 g/mol. The summed E-state index contributed by atoms with van der Waals surface area (Å²) in [5.74, 6) is -7.80. The molecule has 0 aliphatic rings. The van der Waals surface area contributed by atoms with E-state index < -0.39 is 34.6 Å². The first-order valence-corrected chi connectivity index (χ1v) is 10.3. The molecule has 34 heavy (non-hydrogen) atoms. The summed E-state index contributed by atoms with van der Waals surface area (Å²) < 4.78 is 61.9. The van der Waals surface area contributed by atoms with Gasteiger partial charge in [0.15, 0.2) is 11.6 Å². The lowest BCUT2D eigenvalue weighted by Crippen LogP contribution is -2.05. The highest BCUT2D eigenvalue weighted by Gasteiger charge is 2.26. The molecule has 3 nitrogen and oxygen atoms in total. The smallest absolute Gasteiger partial charge is 0.205 e. The Bertz CT molecular complexity index is 1260. The van der Waals surface area contributed by atoms with Gasteiger partial charge < -0.3 is 16.2 Å². The van der Waals surface area contributed by atoms with E-state index in [4.69, 9.17) is 16.2 Å². The van der Waals surface area contributed by atoms with Gasteiger partial charge in [-0.2, -0.15) is 8.78 Å². The van der Waals surface area contributed by atoms with Crippen molar-refractivity contribution in [3.8, 4) is 11.5 Å². The summed E-state index contributed by atoms with van der Waals surface area (Å²) in [6.07, 6.45) is 0.698. The SMILES string of the molecule is C=Cc1c(F)c(F)c(Oc2ccc(C(c3ccc(N)cc3)c3ccc(N)cc3)cc2)c(F)c1F. The Hall–Kier alpha value is -4.26. The predicted octanol–water partition coefficient (Wildman–Crippen LogP) is 7.02. The van der Waals surface area contributed by atoms with Gasteiger partial charge in [0, 0.05) is 17.3 Å². The highest BCUT2D eigenvalue weighted by atomic mass is 19.2. The third-order valence-electron chi connectivity index (χ3n) is 5.43. The molecule has 0 spiro atoms. The van der Waals surface area contributed by atoms with Crippen LogP contribution in [0.1, 0.15) is 28.2 Å². The molecular weight excluding hydrogens is 444 g/mol. The lowest BCUT2D eigenvalue weighted by atomic mass is 9.85. The van der Waals surface area contributed by atoms with E-state index >= 15 is 0 Å². The summed E-state index contributed by atoms with van der Waals surface area (Å²) in [6, 6.07) is 21.1. The van der Waals surface area contributed by atoms with Gasteiger partial charge in [-0.1, -0.05) is 49.1 Å². The monoisotopic (exact) mass is 464 g/mol. The van der Waals surface area contributed by atoms with Crippen molar-refractivity contribution in [3.63, 3.8) is 0 Å². The van der Waals surface area contributed by atoms with Gasteiger partial charge in [-0.3, -0.25) is 0 Å². The molecule has 0 bridgehead atoms. The van der Waals surface area contributed by atoms with Crippen LogP contribution in [0.15, 0.2) is 79.4 Å². The van der Waals surface area contributed by atoms with E-state index in [0.717, 1.165) is 16.7 Å². The third kappa shape index (κ3) is 4.32. The number of ether oxygens (including phenoxy) is 1. The van der Waals surface area contributed by atoms with Crippen LogP contribution in [0.2, 0.25) is 0 Å². The average Bonchev–Trinajstić information content (AvgIpc) is 2.84. The Labute approximate surface area is 193 Å². The quantitative estimate of drug-likeness (QED) is 0.139. The molecule has 4 N–H and O–H groups in total. The number of hydrogen-bond acceptors (Lipinski definition) is 3. The van der Waals surface area contributed by atoms with Crippen LogP contribution in [-0.4, -0.2) is 0 Å². The molecule has 0 saturated carbocycles. The predicted molar refractivity (Wildman–Crippen MR) is 126 cm³/mol. The van der Waals surface area contributed by atoms with E-state index in [2.05, 4.69) is 6.58 Å². The molecule has 0 aliphatic heterocycles. The second-order valence-corrected chi connectivity index (χ2v) is 7.64. The van der Waals surface area contributed by atoms with Crippen molar-refractivity contribution < 1.29 is 22.3 Å². The second kappa shape index (κ2) is 9.31. The lowest BCUT2D eigenvalue weighted by Gasteiger charge is -2.20. The summed E-state index contributed by atoms with van der Waals surface area (Å²) in [7, 11) is 0. The maximum absolute atomic E-state index is 14.3. The van der Waals surface area contributed by atoms with Crippen LogP contribution in [0.25, 0.3) is 6.08 Å². The molecule has 0 aliphatic carbocycles. The first kappa shape index (κ1) is 22.9. The Morgan fingerprint density at radius 1 is 0.618 bits per heavy atom. The largest absolute Gasteiger partial charge is 0.451 e. The van der Waals surface area contributed by atoms with Gasteiger partial charge in [-0.15, -0.1) is 0 Å². The van der Waals surface area contributed by atoms with Crippen LogP contribution >= 0.6 is 0 Å². The molecule has 0 radical (unpaired) electrons. The van der Waals surface area contributed by atoms with E-state index in [9.17, 15) is 17.6 Å². The van der Waals surface area contributed by atoms with Crippen molar-refractivity contribution in [2.24, 2.45) is 0 Å². The molecule has 0 fully saturated rings. The van der Waals surface area contributed by atoms with Gasteiger partial charge in [0.1, 0.15) is 5.75 Å². The zero-order chi connectivity index (χ0) is 24.4. The van der Waals surface area contributed by atoms with Crippen molar-refractivity contribution in [1.29, 1.82) is 0 Å². The van der Waals surface area contributed by atoms with E-state index in [1.165, 1.54) is 12.1 Å². The molecule has 0 atom stereocenters. The van der Waals surface area contributed by atoms with Crippen LogP contribution in [0.3, 0.4) is 0 Å². The molecule has 7 heteroatoms. The van der Waals surface area contributed by atoms with E-state index in [1.54, 1.807) is 36.4 Å². The van der Waals surface area contributed by atoms with Crippen molar-refractivity contribution in [2.75, 3.05) is 11.5 Å². The Kier molecular flexibility index (Phi) is 6.27. The standard InChI is InChI=1S/C27H20F4N2O/c1-2-21-23(28)25(30)27(26(31)24(21)29)34-20-13-7-17(8-14-20)22(15-3-9-18(32)10-4-15)16-5-11-19(33)12-6-16/h2-14,22H,1,32-33H2. The molecule has 0 amide bonds. The van der Waals surface area contributed by atoms with Gasteiger partial charge >= 0.3 is 0 Å². The van der Waals surface area contributed by atoms with Crippen LogP contribution < -0.4 is 16.2 Å². The van der Waals surface area contributed by atoms with Gasteiger partial charge in [0.2, 0.25) is 17.4 Å². The van der Waals surface area contributed by atoms with Crippen molar-refractivity contribution >= 4 is 17.5 Å². The number of hydrogen-bond donors (Lipinski definition) is 2. The number of rotatable bonds is 6. The Morgan fingerprint density at radius 3 is 1.38 bits per heavy atom. The minimum absolute atomic E-state index is 0.0000605. The van der Waals surface area contributed by atoms with Crippen molar-refractivity contribution in [3.05, 3.63) is 125 Å². The molecule has 172 valence electrons. The molecular formula is C27H20F4N2O. The van der Waals surface area contributed by atoms with Crippen molar-refractivity contribution in [1.82, 2.24) is 0 Å². The maximum Gasteiger partial charge on any atom is 0.205 e. The number of anilines is 2. The van der Waals surface area contributed by atoms with Crippen LogP contribution in [0.4, 0.5) is 28.9 Å². The van der Waals surface area contributed by atoms with E-state index in [0.29, 0.717) is 17.5 Å². The van der Waals surface area contributed by atoms with Crippen LogP contribution in [0.5, 0.6) is 11.5 Å². The minimum atomic E-state index is -1.64. The summed E-state index contributed by atoms with van der Waals surface area (Å²) in [4.78, 5) is 0. The number of nitrogen functional groups attached to an aromatic ring is 2. The van der Waals surface area contributed by atoms with Crippen molar-refractivity contribution in [2.45, 2.75) is 5.92 Å². The van der Waals surface area contributed by atoms with Gasteiger partial charge in [0.25, 0.3) is 0 Å². The Morgan fingerprint density at radius 2 is 1.00 bits per heavy atom. The molecule has 0 heterocycles. The maximum atomic E-state index is 14.3. The van der Waals surface area contributed by atoms with E-state index in [1.807, 2.05) is 24.3 Å². The van der Waals surface area contributed by atoms with Gasteiger partial charge in [-0.05, 0) is 53.1 Å². The molecule has 4 aromatic rings. The first-order valence-electron chi connectivity index (χ1n) is 10.3. The van der Waals surface area contributed by atoms with Gasteiger partial charge in [0.05, 0.1) is 5.56 Å². The van der Waals surface area contributed by atoms with E-state index in [-0.39, 0.29) is 11.7 Å². The summed E-state index contributed by atoms with van der Waals surface area (Å²) in [6.45, 7) is 3.17. The topological polar surface area (TPSA) is 61.3 Å². The highest BCUT2D eigenvalue weighted by Crippen LogP contribution is 2.36. The molecule has 4 rings (SSSR count). The number of nitrogens with two attached hydrogens (primary N) is 2. The molecule has 0 saturated heterocycles. The van der Waals surface area contributed by atoms with Crippen LogP contribution in [-0.2, 0) is 0 Å². The fourth-order valence-corrected chi connectivity index (χ4v) is 3.70. The normalized spacial score (nSPS) is 11.0. The minimum Gasteiger partial charge on any atom is -0.451 e. The molecule has 0 aromatic heterocycles. The van der Waals surface area contributed by atoms with Crippen LogP contribution in [0, 0.1) is 23.3 Å². The van der Waals surface area contributed by atoms with Gasteiger partial charge in [-0.25, -0.2) is 8.78 Å². The summed E-state index contributed by atoms with van der Waals surface area (Å²) in [5, 5.41) is 0. The summed E-state index contributed by atoms with van der Waals surface area (Å²) in [5.41, 5.74) is 14.7. The second-order valence-electron chi connectivity index (χ2n) is 7.64. The lowest BCUT2D eigenvalue weighted by molar-refractivity contribution is 0.365.